The van der Waals surface area contributed by atoms with Gasteiger partial charge in [0, 0.05) is 41.0 Å². The number of carbonyl (C=O) groups is 3. The van der Waals surface area contributed by atoms with E-state index in [1.54, 1.807) is 6.92 Å². The summed E-state index contributed by atoms with van der Waals surface area (Å²) in [5.74, 6) is -1.15. The molecule has 0 saturated carbocycles. The number of anilines is 1. The predicted molar refractivity (Wildman–Crippen MR) is 167 cm³/mol. The second-order valence-corrected chi connectivity index (χ2v) is 12.1. The van der Waals surface area contributed by atoms with Gasteiger partial charge in [-0.05, 0) is 55.8 Å². The van der Waals surface area contributed by atoms with E-state index in [9.17, 15) is 14.4 Å². The van der Waals surface area contributed by atoms with Crippen LogP contribution in [0.25, 0.3) is 10.9 Å². The van der Waals surface area contributed by atoms with Crippen molar-refractivity contribution >= 4 is 45.1 Å². The van der Waals surface area contributed by atoms with Crippen LogP contribution in [0.4, 0.5) is 5.00 Å². The van der Waals surface area contributed by atoms with Crippen molar-refractivity contribution in [3.8, 4) is 0 Å². The highest BCUT2D eigenvalue weighted by atomic mass is 32.1. The van der Waals surface area contributed by atoms with Crippen LogP contribution in [0, 0.1) is 0 Å². The van der Waals surface area contributed by atoms with Gasteiger partial charge in [0.2, 0.25) is 0 Å². The number of ether oxygens (including phenoxy) is 2. The molecule has 1 atom stereocenters. The van der Waals surface area contributed by atoms with Gasteiger partial charge in [0.1, 0.15) is 5.00 Å². The Kier molecular flexibility index (Phi) is 8.54. The number of carbonyl (C=O) groups excluding carboxylic acids is 3. The first-order valence-corrected chi connectivity index (χ1v) is 15.7. The van der Waals surface area contributed by atoms with Crippen molar-refractivity contribution in [1.82, 2.24) is 9.88 Å². The van der Waals surface area contributed by atoms with Gasteiger partial charge in [-0.1, -0.05) is 55.5 Å². The number of likely N-dealkylation sites (N-methyl/N-ethyl adjacent to an activating group) is 1. The Labute approximate surface area is 255 Å². The van der Waals surface area contributed by atoms with Crippen molar-refractivity contribution in [2.75, 3.05) is 31.6 Å². The summed E-state index contributed by atoms with van der Waals surface area (Å²) in [5.41, 5.74) is 5.60. The Hall–Kier alpha value is -4.08. The summed E-state index contributed by atoms with van der Waals surface area (Å²) >= 11 is 1.41. The van der Waals surface area contributed by atoms with Crippen LogP contribution in [0.2, 0.25) is 0 Å². The smallest absolute Gasteiger partial charge is 0.341 e. The average molecular weight is 598 g/mol. The molecule has 2 aromatic carbocycles. The van der Waals surface area contributed by atoms with E-state index < -0.39 is 24.5 Å². The zero-order valence-corrected chi connectivity index (χ0v) is 25.3. The lowest BCUT2D eigenvalue weighted by Gasteiger charge is -2.28. The third-order valence-corrected chi connectivity index (χ3v) is 9.55. The molecule has 0 radical (unpaired) electrons. The number of thiophene rings is 1. The van der Waals surface area contributed by atoms with E-state index in [-0.39, 0.29) is 6.61 Å². The minimum atomic E-state index is -0.551. The zero-order chi connectivity index (χ0) is 29.9. The van der Waals surface area contributed by atoms with Crippen LogP contribution in [0.15, 0.2) is 54.6 Å². The highest BCUT2D eigenvalue weighted by Gasteiger charge is 2.31. The summed E-state index contributed by atoms with van der Waals surface area (Å²) in [6, 6.07) is 17.9. The fourth-order valence-corrected chi connectivity index (χ4v) is 7.55. The number of fused-ring (bicyclic) bond motifs is 3. The number of para-hydroxylation sites is 1. The van der Waals surface area contributed by atoms with Crippen LogP contribution in [0.5, 0.6) is 0 Å². The quantitative estimate of drug-likeness (QED) is 0.252. The summed E-state index contributed by atoms with van der Waals surface area (Å²) < 4.78 is 11.0. The topological polar surface area (TPSA) is 97.8 Å². The van der Waals surface area contributed by atoms with E-state index in [1.807, 2.05) is 42.5 Å². The molecule has 8 nitrogen and oxygen atoms in total. The normalized spacial score (nSPS) is 16.3. The minimum Gasteiger partial charge on any atom is -0.462 e. The molecule has 2 aliphatic rings. The number of esters is 2. The molecule has 9 heteroatoms. The molecule has 1 N–H and O–H groups in total. The van der Waals surface area contributed by atoms with Gasteiger partial charge in [0.25, 0.3) is 5.91 Å². The molecule has 1 aliphatic carbocycles. The second kappa shape index (κ2) is 12.7. The summed E-state index contributed by atoms with van der Waals surface area (Å²) in [6.07, 6.45) is 3.17. The standard InChI is InChI=1S/C34H35N3O5S/c1-3-37-17-16-27-25(19-37)30(23-12-8-9-13-26(23)35-27)33(39)42-20-29(38)36-32-31(34(40)41-4-2)24-15-14-22(18-28(24)43-32)21-10-6-5-7-11-21/h5-13,22H,3-4,14-20H2,1-2H3,(H,36,38). The zero-order valence-electron chi connectivity index (χ0n) is 24.5. The van der Waals surface area contributed by atoms with E-state index in [2.05, 4.69) is 29.3 Å². The van der Waals surface area contributed by atoms with Crippen LogP contribution in [-0.4, -0.2) is 54.0 Å². The molecule has 0 fully saturated rings. The first-order valence-electron chi connectivity index (χ1n) is 14.9. The van der Waals surface area contributed by atoms with E-state index >= 15 is 0 Å². The van der Waals surface area contributed by atoms with Gasteiger partial charge >= 0.3 is 11.9 Å². The van der Waals surface area contributed by atoms with Crippen molar-refractivity contribution in [2.24, 2.45) is 0 Å². The molecule has 1 unspecified atom stereocenters. The number of aromatic nitrogens is 1. The number of nitrogens with zero attached hydrogens (tertiary/aromatic N) is 2. The van der Waals surface area contributed by atoms with Crippen LogP contribution >= 0.6 is 11.3 Å². The van der Waals surface area contributed by atoms with Crippen molar-refractivity contribution in [2.45, 2.75) is 52.0 Å². The highest BCUT2D eigenvalue weighted by molar-refractivity contribution is 7.17. The van der Waals surface area contributed by atoms with Gasteiger partial charge in [-0.2, -0.15) is 0 Å². The first-order chi connectivity index (χ1) is 21.0. The Balaban J connectivity index is 1.22. The van der Waals surface area contributed by atoms with E-state index in [0.29, 0.717) is 34.0 Å². The Morgan fingerprint density at radius 2 is 1.72 bits per heavy atom. The van der Waals surface area contributed by atoms with Crippen molar-refractivity contribution in [3.05, 3.63) is 93.0 Å². The Bertz CT molecular complexity index is 1680. The maximum Gasteiger partial charge on any atom is 0.341 e. The molecule has 43 heavy (non-hydrogen) atoms. The van der Waals surface area contributed by atoms with E-state index in [0.717, 1.165) is 66.0 Å². The lowest BCUT2D eigenvalue weighted by molar-refractivity contribution is -0.119. The summed E-state index contributed by atoms with van der Waals surface area (Å²) in [5, 5.41) is 4.03. The second-order valence-electron chi connectivity index (χ2n) is 11.0. The fraction of sp³-hybridized carbons (Fsp3) is 0.353. The van der Waals surface area contributed by atoms with E-state index in [1.165, 1.54) is 16.9 Å². The molecule has 222 valence electrons. The fourth-order valence-electron chi connectivity index (χ4n) is 6.22. The van der Waals surface area contributed by atoms with Gasteiger partial charge in [0.15, 0.2) is 6.61 Å². The first kappa shape index (κ1) is 29.0. The van der Waals surface area contributed by atoms with Crippen LogP contribution in [-0.2, 0) is 40.1 Å². The molecular weight excluding hydrogens is 562 g/mol. The van der Waals surface area contributed by atoms with Gasteiger partial charge in [0.05, 0.1) is 23.3 Å². The molecular formula is C34H35N3O5S. The molecule has 4 aromatic rings. The Morgan fingerprint density at radius 1 is 0.953 bits per heavy atom. The number of hydrogen-bond acceptors (Lipinski definition) is 8. The largest absolute Gasteiger partial charge is 0.462 e. The predicted octanol–water partition coefficient (Wildman–Crippen LogP) is 5.92. The molecule has 3 heterocycles. The van der Waals surface area contributed by atoms with Crippen molar-refractivity contribution < 1.29 is 23.9 Å². The van der Waals surface area contributed by atoms with Gasteiger partial charge in [-0.15, -0.1) is 11.3 Å². The average Bonchev–Trinajstić information content (AvgIpc) is 3.39. The van der Waals surface area contributed by atoms with Gasteiger partial charge in [-0.25, -0.2) is 9.59 Å². The van der Waals surface area contributed by atoms with Crippen molar-refractivity contribution in [3.63, 3.8) is 0 Å². The third-order valence-electron chi connectivity index (χ3n) is 8.38. The molecule has 1 amide bonds. The van der Waals surface area contributed by atoms with Crippen LogP contribution in [0.1, 0.15) is 74.2 Å². The molecule has 0 spiro atoms. The number of pyridine rings is 1. The molecule has 2 aromatic heterocycles. The van der Waals surface area contributed by atoms with Crippen LogP contribution < -0.4 is 5.32 Å². The molecule has 0 saturated heterocycles. The maximum absolute atomic E-state index is 13.6. The van der Waals surface area contributed by atoms with Gasteiger partial charge in [-0.3, -0.25) is 14.7 Å². The van der Waals surface area contributed by atoms with Gasteiger partial charge < -0.3 is 14.8 Å². The molecule has 0 bridgehead atoms. The highest BCUT2D eigenvalue weighted by Crippen LogP contribution is 2.43. The number of benzene rings is 2. The lowest BCUT2D eigenvalue weighted by Crippen LogP contribution is -2.32. The van der Waals surface area contributed by atoms with Crippen LogP contribution in [0.3, 0.4) is 0 Å². The number of nitrogens with one attached hydrogen (secondary N) is 1. The number of rotatable bonds is 8. The van der Waals surface area contributed by atoms with Crippen molar-refractivity contribution in [1.29, 1.82) is 0 Å². The summed E-state index contributed by atoms with van der Waals surface area (Å²) in [4.78, 5) is 47.9. The minimum absolute atomic E-state index is 0.237. The molecule has 6 rings (SSSR count). The summed E-state index contributed by atoms with van der Waals surface area (Å²) in [7, 11) is 0. The molecule has 1 aliphatic heterocycles. The van der Waals surface area contributed by atoms with E-state index in [4.69, 9.17) is 14.5 Å². The summed E-state index contributed by atoms with van der Waals surface area (Å²) in [6.45, 7) is 5.97. The number of hydrogen-bond donors (Lipinski definition) is 1. The Morgan fingerprint density at radius 3 is 2.51 bits per heavy atom. The lowest BCUT2D eigenvalue weighted by atomic mass is 9.83. The SMILES string of the molecule is CCOC(=O)c1c(NC(=O)COC(=O)c2c3c(nc4ccccc24)CCN(CC)C3)sc2c1CCC(c1ccccc1)C2. The third kappa shape index (κ3) is 5.92. The monoisotopic (exact) mass is 597 g/mol. The number of amides is 1. The maximum atomic E-state index is 13.6.